The molecule has 0 unspecified atom stereocenters. The van der Waals surface area contributed by atoms with Gasteiger partial charge in [-0.15, -0.1) is 0 Å². The molecule has 0 bridgehead atoms. The van der Waals surface area contributed by atoms with Gasteiger partial charge >= 0.3 is 0 Å². The molecule has 2 N–H and O–H groups in total. The zero-order valence-corrected chi connectivity index (χ0v) is 9.32. The zero-order valence-electron chi connectivity index (χ0n) is 8.56. The second kappa shape index (κ2) is 4.86. The number of benzene rings is 1. The molecule has 0 aliphatic heterocycles. The Balaban J connectivity index is 2.11. The van der Waals surface area contributed by atoms with Crippen LogP contribution in [0.2, 0.25) is 5.02 Å². The van der Waals surface area contributed by atoms with Crippen LogP contribution in [0.3, 0.4) is 0 Å². The topological polar surface area (TPSA) is 48.1 Å². The van der Waals surface area contributed by atoms with E-state index in [4.69, 9.17) is 22.1 Å². The van der Waals surface area contributed by atoms with Gasteiger partial charge in [0.2, 0.25) is 0 Å². The summed E-state index contributed by atoms with van der Waals surface area (Å²) in [5.74, 6) is 0.487. The van der Waals surface area contributed by atoms with Gasteiger partial charge in [0.25, 0.3) is 0 Å². The van der Waals surface area contributed by atoms with E-state index in [0.717, 1.165) is 5.56 Å². The molecule has 0 spiro atoms. The average molecular weight is 235 g/mol. The van der Waals surface area contributed by atoms with E-state index in [1.165, 1.54) is 12.4 Å². The summed E-state index contributed by atoms with van der Waals surface area (Å²) in [6.45, 7) is 0.439. The van der Waals surface area contributed by atoms with Crippen molar-refractivity contribution in [3.63, 3.8) is 0 Å². The van der Waals surface area contributed by atoms with E-state index < -0.39 is 0 Å². The lowest BCUT2D eigenvalue weighted by molar-refractivity contribution is 0.308. The first-order chi connectivity index (χ1) is 7.77. The summed E-state index contributed by atoms with van der Waals surface area (Å²) in [6, 6.07) is 9.82. The number of halogens is 1. The monoisotopic (exact) mass is 234 g/mol. The zero-order chi connectivity index (χ0) is 11.4. The van der Waals surface area contributed by atoms with Gasteiger partial charge in [0.05, 0.1) is 11.9 Å². The van der Waals surface area contributed by atoms with Crippen molar-refractivity contribution in [2.45, 2.75) is 6.61 Å². The van der Waals surface area contributed by atoms with E-state index in [9.17, 15) is 0 Å². The van der Waals surface area contributed by atoms with Gasteiger partial charge in [-0.1, -0.05) is 41.9 Å². The summed E-state index contributed by atoms with van der Waals surface area (Å²) >= 11 is 5.93. The molecule has 2 aromatic rings. The number of anilines is 1. The van der Waals surface area contributed by atoms with Crippen molar-refractivity contribution in [2.75, 3.05) is 5.73 Å². The summed E-state index contributed by atoms with van der Waals surface area (Å²) in [5.41, 5.74) is 7.23. The Morgan fingerprint density at radius 2 is 1.94 bits per heavy atom. The Kier molecular flexibility index (Phi) is 3.27. The van der Waals surface area contributed by atoms with E-state index in [-0.39, 0.29) is 0 Å². The molecule has 82 valence electrons. The van der Waals surface area contributed by atoms with Crippen LogP contribution in [0.5, 0.6) is 5.75 Å². The second-order valence-corrected chi connectivity index (χ2v) is 3.72. The van der Waals surface area contributed by atoms with Crippen LogP contribution >= 0.6 is 11.6 Å². The number of rotatable bonds is 3. The number of nitrogens with two attached hydrogens (primary N) is 1. The highest BCUT2D eigenvalue weighted by Gasteiger charge is 2.06. The van der Waals surface area contributed by atoms with Crippen LogP contribution in [0.1, 0.15) is 5.56 Å². The predicted molar refractivity (Wildman–Crippen MR) is 64.4 cm³/mol. The molecule has 0 aliphatic rings. The fourth-order valence-electron chi connectivity index (χ4n) is 1.32. The van der Waals surface area contributed by atoms with Crippen molar-refractivity contribution >= 4 is 17.3 Å². The summed E-state index contributed by atoms with van der Waals surface area (Å²) in [7, 11) is 0. The Morgan fingerprint density at radius 1 is 1.19 bits per heavy atom. The molecule has 1 heterocycles. The lowest BCUT2D eigenvalue weighted by atomic mass is 10.2. The molecular weight excluding hydrogens is 224 g/mol. The highest BCUT2D eigenvalue weighted by atomic mass is 35.5. The van der Waals surface area contributed by atoms with Crippen molar-refractivity contribution in [3.8, 4) is 5.75 Å². The number of hydrogen-bond acceptors (Lipinski definition) is 3. The van der Waals surface area contributed by atoms with Crippen molar-refractivity contribution in [1.29, 1.82) is 0 Å². The Hall–Kier alpha value is -1.74. The van der Waals surface area contributed by atoms with Gasteiger partial charge in [0, 0.05) is 6.20 Å². The quantitative estimate of drug-likeness (QED) is 0.888. The molecule has 0 amide bonds. The third-order valence-electron chi connectivity index (χ3n) is 2.11. The minimum absolute atomic E-state index is 0.427. The minimum atomic E-state index is 0.427. The Labute approximate surface area is 98.8 Å². The number of ether oxygens (including phenoxy) is 1. The average Bonchev–Trinajstić information content (AvgIpc) is 2.30. The molecule has 0 aliphatic carbocycles. The number of aromatic nitrogens is 1. The van der Waals surface area contributed by atoms with Gasteiger partial charge in [-0.05, 0) is 5.56 Å². The lowest BCUT2D eigenvalue weighted by Crippen LogP contribution is -1.99. The number of pyridine rings is 1. The van der Waals surface area contributed by atoms with Gasteiger partial charge in [-0.25, -0.2) is 0 Å². The van der Waals surface area contributed by atoms with Crippen LogP contribution in [0.15, 0.2) is 42.7 Å². The van der Waals surface area contributed by atoms with Crippen molar-refractivity contribution < 1.29 is 4.74 Å². The van der Waals surface area contributed by atoms with Crippen molar-refractivity contribution in [1.82, 2.24) is 4.98 Å². The molecule has 0 atom stereocenters. The molecule has 1 aromatic carbocycles. The molecule has 2 rings (SSSR count). The second-order valence-electron chi connectivity index (χ2n) is 3.31. The Morgan fingerprint density at radius 3 is 2.62 bits per heavy atom. The maximum absolute atomic E-state index is 5.93. The van der Waals surface area contributed by atoms with Crippen LogP contribution < -0.4 is 10.5 Å². The largest absolute Gasteiger partial charge is 0.485 e. The van der Waals surface area contributed by atoms with E-state index in [2.05, 4.69) is 4.98 Å². The van der Waals surface area contributed by atoms with Crippen LogP contribution in [-0.4, -0.2) is 4.98 Å². The molecular formula is C12H11ClN2O. The standard InChI is InChI=1S/C12H11ClN2O/c13-10-6-15-7-11(14)12(10)16-8-9-4-2-1-3-5-9/h1-7H,8,14H2. The SMILES string of the molecule is Nc1cncc(Cl)c1OCc1ccccc1. The summed E-state index contributed by atoms with van der Waals surface area (Å²) in [5, 5.41) is 0.427. The Bertz CT molecular complexity index is 453. The molecule has 0 saturated carbocycles. The van der Waals surface area contributed by atoms with Crippen LogP contribution in [0.4, 0.5) is 5.69 Å². The molecule has 16 heavy (non-hydrogen) atoms. The molecule has 0 saturated heterocycles. The maximum atomic E-state index is 5.93. The van der Waals surface area contributed by atoms with Crippen LogP contribution in [0.25, 0.3) is 0 Å². The highest BCUT2D eigenvalue weighted by molar-refractivity contribution is 6.32. The molecule has 0 fully saturated rings. The van der Waals surface area contributed by atoms with E-state index in [1.807, 2.05) is 30.3 Å². The van der Waals surface area contributed by atoms with Crippen LogP contribution in [-0.2, 0) is 6.61 Å². The molecule has 4 heteroatoms. The first-order valence-electron chi connectivity index (χ1n) is 4.83. The first-order valence-corrected chi connectivity index (χ1v) is 5.21. The van der Waals surface area contributed by atoms with Gasteiger partial charge in [-0.2, -0.15) is 0 Å². The van der Waals surface area contributed by atoms with E-state index in [1.54, 1.807) is 0 Å². The molecule has 1 aromatic heterocycles. The lowest BCUT2D eigenvalue weighted by Gasteiger charge is -2.09. The minimum Gasteiger partial charge on any atom is -0.485 e. The summed E-state index contributed by atoms with van der Waals surface area (Å²) in [6.07, 6.45) is 3.03. The smallest absolute Gasteiger partial charge is 0.164 e. The summed E-state index contributed by atoms with van der Waals surface area (Å²) in [4.78, 5) is 3.86. The third-order valence-corrected chi connectivity index (χ3v) is 2.38. The summed E-state index contributed by atoms with van der Waals surface area (Å²) < 4.78 is 5.56. The number of hydrogen-bond donors (Lipinski definition) is 1. The highest BCUT2D eigenvalue weighted by Crippen LogP contribution is 2.29. The third kappa shape index (κ3) is 2.44. The number of nitrogens with zero attached hydrogens (tertiary/aromatic N) is 1. The molecule has 3 nitrogen and oxygen atoms in total. The molecule has 0 radical (unpaired) electrons. The van der Waals surface area contributed by atoms with Gasteiger partial charge < -0.3 is 10.5 Å². The first kappa shape index (κ1) is 10.8. The fourth-order valence-corrected chi connectivity index (χ4v) is 1.54. The fraction of sp³-hybridized carbons (Fsp3) is 0.0833. The van der Waals surface area contributed by atoms with Gasteiger partial charge in [0.1, 0.15) is 11.6 Å². The normalized spacial score (nSPS) is 10.1. The van der Waals surface area contributed by atoms with Crippen molar-refractivity contribution in [2.24, 2.45) is 0 Å². The number of nitrogen functional groups attached to an aromatic ring is 1. The van der Waals surface area contributed by atoms with E-state index >= 15 is 0 Å². The predicted octanol–water partition coefficient (Wildman–Crippen LogP) is 2.90. The van der Waals surface area contributed by atoms with Crippen LogP contribution in [0, 0.1) is 0 Å². The van der Waals surface area contributed by atoms with Crippen molar-refractivity contribution in [3.05, 3.63) is 53.3 Å². The maximum Gasteiger partial charge on any atom is 0.164 e. The van der Waals surface area contributed by atoms with E-state index in [0.29, 0.717) is 23.1 Å². The van der Waals surface area contributed by atoms with Gasteiger partial charge in [-0.3, -0.25) is 4.98 Å². The van der Waals surface area contributed by atoms with Gasteiger partial charge in [0.15, 0.2) is 5.75 Å².